The maximum absolute atomic E-state index is 12.5. The molecule has 3 heterocycles. The monoisotopic (exact) mass is 396 g/mol. The molecule has 3 N–H and O–H groups in total. The molecule has 0 spiro atoms. The number of tetrazole rings is 1. The highest BCUT2D eigenvalue weighted by molar-refractivity contribution is 5.85. The van der Waals surface area contributed by atoms with Crippen molar-refractivity contribution in [1.29, 1.82) is 0 Å². The summed E-state index contributed by atoms with van der Waals surface area (Å²) in [5.74, 6) is 0.415. The summed E-state index contributed by atoms with van der Waals surface area (Å²) in [6, 6.07) is 9.09. The molecule has 1 aliphatic heterocycles. The summed E-state index contributed by atoms with van der Waals surface area (Å²) < 4.78 is 1.61. The summed E-state index contributed by atoms with van der Waals surface area (Å²) in [7, 11) is 0. The highest BCUT2D eigenvalue weighted by Gasteiger charge is 2.28. The SMILES string of the molecule is Cl.Cl.O=C(NCc1nnnn1-c1ccccc1)C1NCCc2[nH]cnc21. The third-order valence-corrected chi connectivity index (χ3v) is 3.97. The molecule has 0 radical (unpaired) electrons. The number of para-hydroxylation sites is 1. The minimum absolute atomic E-state index is 0. The molecule has 26 heavy (non-hydrogen) atoms. The van der Waals surface area contributed by atoms with Crippen molar-refractivity contribution in [3.63, 3.8) is 0 Å². The maximum atomic E-state index is 12.5. The van der Waals surface area contributed by atoms with E-state index >= 15 is 0 Å². The minimum atomic E-state index is -0.457. The van der Waals surface area contributed by atoms with Gasteiger partial charge in [0.1, 0.15) is 6.04 Å². The number of rotatable bonds is 4. The molecule has 0 saturated carbocycles. The standard InChI is InChI=1S/C15H16N8O.2ClH/c24-15(14-13-11(6-7-16-14)18-9-19-13)17-8-12-20-21-22-23(12)10-4-2-1-3-5-10;;/h1-5,9,14,16H,6-8H2,(H,17,24)(H,18,19);2*1H. The number of halogens is 2. The van der Waals surface area contributed by atoms with Crippen LogP contribution in [-0.4, -0.2) is 42.6 Å². The van der Waals surface area contributed by atoms with Crippen molar-refractivity contribution in [2.45, 2.75) is 19.0 Å². The third kappa shape index (κ3) is 3.85. The number of benzene rings is 1. The van der Waals surface area contributed by atoms with Crippen LogP contribution in [-0.2, 0) is 17.8 Å². The topological polar surface area (TPSA) is 113 Å². The molecule has 1 aromatic carbocycles. The Morgan fingerprint density at radius 3 is 2.88 bits per heavy atom. The molecular formula is C15H18Cl2N8O. The fourth-order valence-corrected chi connectivity index (χ4v) is 2.79. The van der Waals surface area contributed by atoms with Gasteiger partial charge in [-0.2, -0.15) is 4.68 Å². The summed E-state index contributed by atoms with van der Waals surface area (Å²) in [4.78, 5) is 19.8. The lowest BCUT2D eigenvalue weighted by atomic mass is 10.1. The van der Waals surface area contributed by atoms with E-state index in [1.54, 1.807) is 11.0 Å². The maximum Gasteiger partial charge on any atom is 0.243 e. The lowest BCUT2D eigenvalue weighted by Gasteiger charge is -2.22. The van der Waals surface area contributed by atoms with Crippen molar-refractivity contribution < 1.29 is 4.79 Å². The fourth-order valence-electron chi connectivity index (χ4n) is 2.79. The van der Waals surface area contributed by atoms with Crippen molar-refractivity contribution in [1.82, 2.24) is 40.8 Å². The lowest BCUT2D eigenvalue weighted by Crippen LogP contribution is -2.41. The number of fused-ring (bicyclic) bond motifs is 1. The highest BCUT2D eigenvalue weighted by Crippen LogP contribution is 2.19. The molecule has 0 aliphatic carbocycles. The summed E-state index contributed by atoms with van der Waals surface area (Å²) in [6.07, 6.45) is 2.46. The number of carbonyl (C=O) groups excluding carboxylic acids is 1. The first-order chi connectivity index (χ1) is 11.8. The molecule has 138 valence electrons. The Balaban J connectivity index is 0.00000121. The second-order valence-electron chi connectivity index (χ2n) is 5.46. The third-order valence-electron chi connectivity index (χ3n) is 3.97. The second-order valence-corrected chi connectivity index (χ2v) is 5.46. The van der Waals surface area contributed by atoms with Gasteiger partial charge in [-0.05, 0) is 22.6 Å². The Morgan fingerprint density at radius 2 is 2.08 bits per heavy atom. The predicted octanol–water partition coefficient (Wildman–Crippen LogP) is 0.732. The molecule has 0 fully saturated rings. The van der Waals surface area contributed by atoms with Gasteiger partial charge in [0.2, 0.25) is 5.91 Å². The first kappa shape index (κ1) is 19.8. The van der Waals surface area contributed by atoms with Gasteiger partial charge in [-0.25, -0.2) is 4.98 Å². The van der Waals surface area contributed by atoms with E-state index in [-0.39, 0.29) is 37.3 Å². The molecular weight excluding hydrogens is 379 g/mol. The average molecular weight is 397 g/mol. The Labute approximate surface area is 161 Å². The van der Waals surface area contributed by atoms with Gasteiger partial charge >= 0.3 is 0 Å². The Morgan fingerprint density at radius 1 is 1.27 bits per heavy atom. The molecule has 0 saturated heterocycles. The zero-order valence-corrected chi connectivity index (χ0v) is 15.3. The smallest absolute Gasteiger partial charge is 0.243 e. The molecule has 0 bridgehead atoms. The Kier molecular flexibility index (Phi) is 6.67. The number of carbonyl (C=O) groups is 1. The van der Waals surface area contributed by atoms with Crippen molar-refractivity contribution in [2.75, 3.05) is 6.54 Å². The van der Waals surface area contributed by atoms with E-state index in [2.05, 4.69) is 36.1 Å². The number of imidazole rings is 1. The zero-order valence-electron chi connectivity index (χ0n) is 13.6. The van der Waals surface area contributed by atoms with Crippen LogP contribution in [0.2, 0.25) is 0 Å². The highest BCUT2D eigenvalue weighted by atomic mass is 35.5. The van der Waals surface area contributed by atoms with Crippen LogP contribution in [0.5, 0.6) is 0 Å². The van der Waals surface area contributed by atoms with E-state index in [9.17, 15) is 4.79 Å². The van der Waals surface area contributed by atoms with Gasteiger partial charge in [0.15, 0.2) is 5.82 Å². The van der Waals surface area contributed by atoms with Gasteiger partial charge in [0.25, 0.3) is 0 Å². The largest absolute Gasteiger partial charge is 0.348 e. The minimum Gasteiger partial charge on any atom is -0.348 e. The van der Waals surface area contributed by atoms with Crippen LogP contribution < -0.4 is 10.6 Å². The molecule has 1 amide bonds. The predicted molar refractivity (Wildman–Crippen MR) is 98.5 cm³/mol. The van der Waals surface area contributed by atoms with Crippen LogP contribution in [0.3, 0.4) is 0 Å². The van der Waals surface area contributed by atoms with Crippen LogP contribution in [0.25, 0.3) is 5.69 Å². The zero-order chi connectivity index (χ0) is 16.4. The van der Waals surface area contributed by atoms with Crippen molar-refractivity contribution in [3.05, 3.63) is 53.9 Å². The first-order valence-electron chi connectivity index (χ1n) is 7.69. The van der Waals surface area contributed by atoms with Crippen molar-refractivity contribution >= 4 is 30.7 Å². The second kappa shape index (κ2) is 8.75. The van der Waals surface area contributed by atoms with E-state index in [4.69, 9.17) is 0 Å². The van der Waals surface area contributed by atoms with Crippen molar-refractivity contribution in [3.8, 4) is 5.69 Å². The van der Waals surface area contributed by atoms with Gasteiger partial charge in [-0.15, -0.1) is 29.9 Å². The van der Waals surface area contributed by atoms with Crippen LogP contribution in [0, 0.1) is 0 Å². The number of aromatic amines is 1. The van der Waals surface area contributed by atoms with Crippen LogP contribution >= 0.6 is 24.8 Å². The summed E-state index contributed by atoms with van der Waals surface area (Å²) in [6.45, 7) is 0.966. The molecule has 3 aromatic rings. The van der Waals surface area contributed by atoms with Gasteiger partial charge in [-0.1, -0.05) is 18.2 Å². The Bertz CT molecular complexity index is 850. The molecule has 1 aliphatic rings. The molecule has 1 atom stereocenters. The van der Waals surface area contributed by atoms with Gasteiger partial charge < -0.3 is 15.6 Å². The summed E-state index contributed by atoms with van der Waals surface area (Å²) in [5.41, 5.74) is 2.60. The first-order valence-corrected chi connectivity index (χ1v) is 7.69. The van der Waals surface area contributed by atoms with Gasteiger partial charge in [0.05, 0.1) is 24.3 Å². The number of aromatic nitrogens is 6. The average Bonchev–Trinajstić information content (AvgIpc) is 3.29. The summed E-state index contributed by atoms with van der Waals surface area (Å²) in [5, 5.41) is 17.7. The van der Waals surface area contributed by atoms with Crippen molar-refractivity contribution in [2.24, 2.45) is 0 Å². The molecule has 2 aromatic heterocycles. The number of hydrogen-bond acceptors (Lipinski definition) is 6. The number of amides is 1. The van der Waals surface area contributed by atoms with E-state index in [1.165, 1.54) is 0 Å². The fraction of sp³-hybridized carbons (Fsp3) is 0.267. The van der Waals surface area contributed by atoms with Gasteiger partial charge in [0, 0.05) is 18.7 Å². The van der Waals surface area contributed by atoms with Crippen LogP contribution in [0.1, 0.15) is 23.3 Å². The number of hydrogen-bond donors (Lipinski definition) is 3. The van der Waals surface area contributed by atoms with E-state index in [0.717, 1.165) is 30.0 Å². The molecule has 11 heteroatoms. The number of nitrogens with one attached hydrogen (secondary N) is 3. The number of H-pyrrole nitrogens is 1. The van der Waals surface area contributed by atoms with Gasteiger partial charge in [-0.3, -0.25) is 4.79 Å². The molecule has 9 nitrogen and oxygen atoms in total. The van der Waals surface area contributed by atoms with E-state index < -0.39 is 6.04 Å². The normalized spacial score (nSPS) is 15.3. The quantitative estimate of drug-likeness (QED) is 0.598. The molecule has 1 unspecified atom stereocenters. The van der Waals surface area contributed by atoms with E-state index in [0.29, 0.717) is 5.82 Å². The number of nitrogens with zero attached hydrogens (tertiary/aromatic N) is 5. The van der Waals surface area contributed by atoms with Crippen LogP contribution in [0.15, 0.2) is 36.7 Å². The lowest BCUT2D eigenvalue weighted by molar-refractivity contribution is -0.123. The molecule has 4 rings (SSSR count). The van der Waals surface area contributed by atoms with Crippen LogP contribution in [0.4, 0.5) is 0 Å². The summed E-state index contributed by atoms with van der Waals surface area (Å²) >= 11 is 0. The Hall–Kier alpha value is -2.49. The van der Waals surface area contributed by atoms with E-state index in [1.807, 2.05) is 30.3 Å².